The Morgan fingerprint density at radius 2 is 1.94 bits per heavy atom. The van der Waals surface area contributed by atoms with Crippen molar-refractivity contribution in [2.45, 2.75) is 45.7 Å². The molecule has 2 amide bonds. The van der Waals surface area contributed by atoms with Gasteiger partial charge in [0.05, 0.1) is 13.0 Å². The maximum absolute atomic E-state index is 12.1. The summed E-state index contributed by atoms with van der Waals surface area (Å²) in [6.45, 7) is 8.11. The predicted molar refractivity (Wildman–Crippen MR) is 68.6 cm³/mol. The van der Waals surface area contributed by atoms with Crippen LogP contribution in [0, 0.1) is 0 Å². The topological polar surface area (TPSA) is 78.9 Å². The molecule has 0 spiro atoms. The van der Waals surface area contributed by atoms with Gasteiger partial charge in [-0.3, -0.25) is 4.79 Å². The van der Waals surface area contributed by atoms with Crippen molar-refractivity contribution in [2.24, 2.45) is 0 Å². The zero-order valence-corrected chi connectivity index (χ0v) is 11.8. The van der Waals surface area contributed by atoms with Gasteiger partial charge in [-0.2, -0.15) is 0 Å². The molecule has 106 valence electrons. The van der Waals surface area contributed by atoms with Gasteiger partial charge in [0.15, 0.2) is 0 Å². The van der Waals surface area contributed by atoms with Crippen LogP contribution in [0.25, 0.3) is 0 Å². The minimum Gasteiger partial charge on any atom is -0.481 e. The number of carbonyl (C=O) groups excluding carboxylic acids is 1. The molecule has 0 atom stereocenters. The third kappa shape index (κ3) is 6.44. The maximum atomic E-state index is 12.1. The lowest BCUT2D eigenvalue weighted by Gasteiger charge is -2.32. The number of nitrogens with one attached hydrogen (secondary N) is 1. The van der Waals surface area contributed by atoms with Gasteiger partial charge in [-0.1, -0.05) is 0 Å². The highest BCUT2D eigenvalue weighted by Crippen LogP contribution is 2.10. The molecular weight excluding hydrogens is 236 g/mol. The lowest BCUT2D eigenvalue weighted by Crippen LogP contribution is -2.53. The van der Waals surface area contributed by atoms with E-state index in [0.29, 0.717) is 13.2 Å². The van der Waals surface area contributed by atoms with E-state index in [0.717, 1.165) is 0 Å². The molecule has 0 aliphatic heterocycles. The quantitative estimate of drug-likeness (QED) is 0.723. The third-order valence-corrected chi connectivity index (χ3v) is 2.46. The fraction of sp³-hybridized carbons (Fsp3) is 0.833. The van der Waals surface area contributed by atoms with Gasteiger partial charge in [-0.25, -0.2) is 4.79 Å². The summed E-state index contributed by atoms with van der Waals surface area (Å²) < 4.78 is 4.95. The van der Waals surface area contributed by atoms with Gasteiger partial charge in [-0.05, 0) is 27.7 Å². The molecule has 0 aromatic heterocycles. The van der Waals surface area contributed by atoms with E-state index in [-0.39, 0.29) is 18.5 Å². The average molecular weight is 260 g/mol. The van der Waals surface area contributed by atoms with Crippen molar-refractivity contribution in [2.75, 3.05) is 20.3 Å². The van der Waals surface area contributed by atoms with Gasteiger partial charge in [0, 0.05) is 25.2 Å². The van der Waals surface area contributed by atoms with Crippen LogP contribution >= 0.6 is 0 Å². The number of nitrogens with zero attached hydrogens (tertiary/aromatic N) is 1. The lowest BCUT2D eigenvalue weighted by molar-refractivity contribution is -0.138. The van der Waals surface area contributed by atoms with E-state index >= 15 is 0 Å². The first kappa shape index (κ1) is 16.7. The lowest BCUT2D eigenvalue weighted by atomic mass is 10.0. The number of hydrogen-bond acceptors (Lipinski definition) is 3. The molecular formula is C12H24N2O4. The second-order valence-corrected chi connectivity index (χ2v) is 5.16. The standard InChI is InChI=1S/C12H24N2O4/c1-9(2)14(6-7-18-5)11(17)13-12(3,4)8-10(15)16/h9H,6-8H2,1-5H3,(H,13,17)(H,15,16). The Hall–Kier alpha value is -1.30. The van der Waals surface area contributed by atoms with Crippen molar-refractivity contribution in [3.8, 4) is 0 Å². The number of urea groups is 1. The van der Waals surface area contributed by atoms with Crippen molar-refractivity contribution >= 4 is 12.0 Å². The third-order valence-electron chi connectivity index (χ3n) is 2.46. The summed E-state index contributed by atoms with van der Waals surface area (Å²) >= 11 is 0. The summed E-state index contributed by atoms with van der Waals surface area (Å²) in [5.74, 6) is -0.937. The van der Waals surface area contributed by atoms with Crippen LogP contribution in [-0.4, -0.2) is 53.8 Å². The molecule has 0 aliphatic carbocycles. The molecule has 0 radical (unpaired) electrons. The highest BCUT2D eigenvalue weighted by atomic mass is 16.5. The molecule has 2 N–H and O–H groups in total. The van der Waals surface area contributed by atoms with Crippen LogP contribution in [0.1, 0.15) is 34.1 Å². The van der Waals surface area contributed by atoms with Crippen molar-refractivity contribution < 1.29 is 19.4 Å². The van der Waals surface area contributed by atoms with Crippen LogP contribution in [0.3, 0.4) is 0 Å². The first-order chi connectivity index (χ1) is 8.19. The average Bonchev–Trinajstić information content (AvgIpc) is 2.14. The van der Waals surface area contributed by atoms with E-state index < -0.39 is 11.5 Å². The van der Waals surface area contributed by atoms with Crippen LogP contribution < -0.4 is 5.32 Å². The Bertz CT molecular complexity index is 290. The van der Waals surface area contributed by atoms with E-state index in [9.17, 15) is 9.59 Å². The highest BCUT2D eigenvalue weighted by molar-refractivity contribution is 5.77. The molecule has 0 unspecified atom stereocenters. The second kappa shape index (κ2) is 7.20. The largest absolute Gasteiger partial charge is 0.481 e. The number of carbonyl (C=O) groups is 2. The van der Waals surface area contributed by atoms with Crippen molar-refractivity contribution in [3.63, 3.8) is 0 Å². The van der Waals surface area contributed by atoms with E-state index in [4.69, 9.17) is 9.84 Å². The monoisotopic (exact) mass is 260 g/mol. The number of hydrogen-bond donors (Lipinski definition) is 2. The maximum Gasteiger partial charge on any atom is 0.318 e. The molecule has 0 saturated carbocycles. The van der Waals surface area contributed by atoms with Crippen molar-refractivity contribution in [3.05, 3.63) is 0 Å². The molecule has 18 heavy (non-hydrogen) atoms. The zero-order chi connectivity index (χ0) is 14.3. The first-order valence-corrected chi connectivity index (χ1v) is 5.99. The summed E-state index contributed by atoms with van der Waals surface area (Å²) in [5.41, 5.74) is -0.775. The molecule has 6 nitrogen and oxygen atoms in total. The van der Waals surface area contributed by atoms with Gasteiger partial charge in [0.1, 0.15) is 0 Å². The molecule has 0 heterocycles. The van der Waals surface area contributed by atoms with Crippen LogP contribution in [-0.2, 0) is 9.53 Å². The number of carboxylic acids is 1. The molecule has 6 heteroatoms. The molecule has 0 aromatic carbocycles. The number of rotatable bonds is 7. The van der Waals surface area contributed by atoms with Gasteiger partial charge in [-0.15, -0.1) is 0 Å². The Morgan fingerprint density at radius 3 is 2.33 bits per heavy atom. The Labute approximate surface area is 108 Å². The highest BCUT2D eigenvalue weighted by Gasteiger charge is 2.27. The minimum atomic E-state index is -0.937. The van der Waals surface area contributed by atoms with Crippen LogP contribution in [0.2, 0.25) is 0 Å². The fourth-order valence-electron chi connectivity index (χ4n) is 1.57. The Kier molecular flexibility index (Phi) is 6.68. The van der Waals surface area contributed by atoms with Crippen molar-refractivity contribution in [1.82, 2.24) is 10.2 Å². The smallest absolute Gasteiger partial charge is 0.318 e. The summed E-state index contributed by atoms with van der Waals surface area (Å²) in [4.78, 5) is 24.4. The second-order valence-electron chi connectivity index (χ2n) is 5.16. The minimum absolute atomic E-state index is 0.0285. The van der Waals surface area contributed by atoms with E-state index in [1.165, 1.54) is 0 Å². The fourth-order valence-corrected chi connectivity index (χ4v) is 1.57. The van der Waals surface area contributed by atoms with Gasteiger partial charge in [0.2, 0.25) is 0 Å². The van der Waals surface area contributed by atoms with Gasteiger partial charge in [0.25, 0.3) is 0 Å². The van der Waals surface area contributed by atoms with E-state index in [2.05, 4.69) is 5.32 Å². The van der Waals surface area contributed by atoms with Crippen LogP contribution in [0.5, 0.6) is 0 Å². The SMILES string of the molecule is COCCN(C(=O)NC(C)(C)CC(=O)O)C(C)C. The molecule has 0 fully saturated rings. The number of carboxylic acid groups (broad SMARTS) is 1. The number of methoxy groups -OCH3 is 1. The number of amides is 2. The predicted octanol–water partition coefficient (Wildman–Crippen LogP) is 1.31. The molecule has 0 aromatic rings. The summed E-state index contributed by atoms with van der Waals surface area (Å²) in [5, 5.41) is 11.5. The van der Waals surface area contributed by atoms with Crippen LogP contribution in [0.15, 0.2) is 0 Å². The summed E-state index contributed by atoms with van der Waals surface area (Å²) in [6.07, 6.45) is -0.116. The van der Waals surface area contributed by atoms with E-state index in [1.54, 1.807) is 25.9 Å². The number of aliphatic carboxylic acids is 1. The van der Waals surface area contributed by atoms with Crippen LogP contribution in [0.4, 0.5) is 4.79 Å². The molecule has 0 bridgehead atoms. The van der Waals surface area contributed by atoms with Gasteiger partial charge >= 0.3 is 12.0 Å². The van der Waals surface area contributed by atoms with Crippen molar-refractivity contribution in [1.29, 1.82) is 0 Å². The molecule has 0 aliphatic rings. The Balaban J connectivity index is 4.54. The summed E-state index contributed by atoms with van der Waals surface area (Å²) in [7, 11) is 1.57. The summed E-state index contributed by atoms with van der Waals surface area (Å²) in [6, 6.07) is -0.242. The van der Waals surface area contributed by atoms with E-state index in [1.807, 2.05) is 13.8 Å². The normalized spacial score (nSPS) is 11.4. The van der Waals surface area contributed by atoms with Gasteiger partial charge < -0.3 is 20.1 Å². The zero-order valence-electron chi connectivity index (χ0n) is 11.8. The number of ether oxygens (including phenoxy) is 1. The molecule has 0 saturated heterocycles. The Morgan fingerprint density at radius 1 is 1.39 bits per heavy atom. The first-order valence-electron chi connectivity index (χ1n) is 5.99. The molecule has 0 rings (SSSR count).